The van der Waals surface area contributed by atoms with E-state index in [0.29, 0.717) is 6.42 Å². The number of carboxylic acids is 1. The molecule has 4 nitrogen and oxygen atoms in total. The quantitative estimate of drug-likeness (QED) is 0.792. The number of nitrogens with one attached hydrogen (secondary N) is 1. The lowest BCUT2D eigenvalue weighted by Crippen LogP contribution is -2.26. The average molecular weight is 208 g/mol. The number of hydrogen-bond donors (Lipinski definition) is 2. The first kappa shape index (κ1) is 10.2. The SMILES string of the molecule is CC(C)(Cc1n[nH]c2c1CCC2)C(=O)O. The Bertz CT molecular complexity index is 393. The number of carbonyl (C=O) groups is 1. The average Bonchev–Trinajstić information content (AvgIpc) is 2.69. The van der Waals surface area contributed by atoms with E-state index in [1.807, 2.05) is 0 Å². The fourth-order valence-corrected chi connectivity index (χ4v) is 2.03. The Balaban J connectivity index is 2.21. The summed E-state index contributed by atoms with van der Waals surface area (Å²) in [6.07, 6.45) is 3.76. The van der Waals surface area contributed by atoms with Crippen molar-refractivity contribution in [3.63, 3.8) is 0 Å². The first-order valence-electron chi connectivity index (χ1n) is 5.29. The molecule has 0 bridgehead atoms. The summed E-state index contributed by atoms with van der Waals surface area (Å²) < 4.78 is 0. The molecule has 0 aromatic carbocycles. The Morgan fingerprint density at radius 1 is 1.53 bits per heavy atom. The Labute approximate surface area is 88.7 Å². The zero-order chi connectivity index (χ0) is 11.1. The van der Waals surface area contributed by atoms with Gasteiger partial charge in [-0.1, -0.05) is 0 Å². The smallest absolute Gasteiger partial charge is 0.309 e. The molecule has 0 amide bonds. The van der Waals surface area contributed by atoms with Crippen LogP contribution in [0.15, 0.2) is 0 Å². The van der Waals surface area contributed by atoms with E-state index in [4.69, 9.17) is 5.11 Å². The number of fused-ring (bicyclic) bond motifs is 1. The van der Waals surface area contributed by atoms with Gasteiger partial charge in [-0.15, -0.1) is 0 Å². The topological polar surface area (TPSA) is 66.0 Å². The van der Waals surface area contributed by atoms with Gasteiger partial charge in [0.25, 0.3) is 0 Å². The first-order chi connectivity index (χ1) is 7.00. The van der Waals surface area contributed by atoms with Crippen molar-refractivity contribution in [2.75, 3.05) is 0 Å². The number of aromatic nitrogens is 2. The first-order valence-corrected chi connectivity index (χ1v) is 5.29. The number of aliphatic carboxylic acids is 1. The van der Waals surface area contributed by atoms with Crippen LogP contribution in [-0.4, -0.2) is 21.3 Å². The molecule has 4 heteroatoms. The minimum Gasteiger partial charge on any atom is -0.481 e. The van der Waals surface area contributed by atoms with Crippen LogP contribution in [-0.2, 0) is 24.1 Å². The maximum Gasteiger partial charge on any atom is 0.309 e. The highest BCUT2D eigenvalue weighted by molar-refractivity contribution is 5.74. The van der Waals surface area contributed by atoms with Crippen LogP contribution in [0.3, 0.4) is 0 Å². The molecule has 82 valence electrons. The molecule has 0 atom stereocenters. The van der Waals surface area contributed by atoms with Crippen LogP contribution in [0.1, 0.15) is 37.2 Å². The predicted octanol–water partition coefficient (Wildman–Crippen LogP) is 1.55. The molecule has 1 aromatic heterocycles. The van der Waals surface area contributed by atoms with Crippen LogP contribution in [0.25, 0.3) is 0 Å². The molecule has 1 heterocycles. The molecular formula is C11H16N2O2. The molecule has 0 fully saturated rings. The molecule has 0 aliphatic heterocycles. The third-order valence-electron chi connectivity index (χ3n) is 3.08. The molecule has 15 heavy (non-hydrogen) atoms. The molecular weight excluding hydrogens is 192 g/mol. The summed E-state index contributed by atoms with van der Waals surface area (Å²) in [5, 5.41) is 16.3. The number of aromatic amines is 1. The molecule has 0 saturated heterocycles. The number of rotatable bonds is 3. The molecule has 0 spiro atoms. The van der Waals surface area contributed by atoms with Gasteiger partial charge in [-0.3, -0.25) is 9.89 Å². The van der Waals surface area contributed by atoms with E-state index in [0.717, 1.165) is 25.0 Å². The van der Waals surface area contributed by atoms with Gasteiger partial charge in [-0.25, -0.2) is 0 Å². The van der Waals surface area contributed by atoms with Crippen LogP contribution in [0, 0.1) is 5.41 Å². The minimum atomic E-state index is -0.766. The third kappa shape index (κ3) is 1.76. The van der Waals surface area contributed by atoms with Gasteiger partial charge in [-0.2, -0.15) is 5.10 Å². The zero-order valence-corrected chi connectivity index (χ0v) is 9.13. The maximum atomic E-state index is 11.0. The van der Waals surface area contributed by atoms with Crippen molar-refractivity contribution in [1.82, 2.24) is 10.2 Å². The van der Waals surface area contributed by atoms with Crippen LogP contribution in [0.2, 0.25) is 0 Å². The van der Waals surface area contributed by atoms with E-state index >= 15 is 0 Å². The molecule has 0 radical (unpaired) electrons. The highest BCUT2D eigenvalue weighted by atomic mass is 16.4. The molecule has 2 N–H and O–H groups in total. The van der Waals surface area contributed by atoms with Crippen molar-refractivity contribution in [1.29, 1.82) is 0 Å². The van der Waals surface area contributed by atoms with Gasteiger partial charge >= 0.3 is 5.97 Å². The lowest BCUT2D eigenvalue weighted by molar-refractivity contribution is -0.146. The molecule has 0 unspecified atom stereocenters. The second kappa shape index (κ2) is 3.36. The largest absolute Gasteiger partial charge is 0.481 e. The minimum absolute atomic E-state index is 0.508. The van der Waals surface area contributed by atoms with Gasteiger partial charge in [0.1, 0.15) is 0 Å². The Hall–Kier alpha value is -1.32. The summed E-state index contributed by atoms with van der Waals surface area (Å²) in [5.74, 6) is -0.766. The van der Waals surface area contributed by atoms with Crippen LogP contribution in [0.4, 0.5) is 0 Å². The zero-order valence-electron chi connectivity index (χ0n) is 9.13. The Kier molecular flexibility index (Phi) is 2.29. The molecule has 0 saturated carbocycles. The van der Waals surface area contributed by atoms with Gasteiger partial charge in [0.2, 0.25) is 0 Å². The van der Waals surface area contributed by atoms with E-state index in [9.17, 15) is 4.79 Å². The second-order valence-corrected chi connectivity index (χ2v) is 4.85. The third-order valence-corrected chi connectivity index (χ3v) is 3.08. The summed E-state index contributed by atoms with van der Waals surface area (Å²) in [6, 6.07) is 0. The molecule has 1 aliphatic rings. The second-order valence-electron chi connectivity index (χ2n) is 4.85. The van der Waals surface area contributed by atoms with E-state index in [-0.39, 0.29) is 0 Å². The van der Waals surface area contributed by atoms with Gasteiger partial charge in [0.05, 0.1) is 11.1 Å². The molecule has 1 aromatic rings. The van der Waals surface area contributed by atoms with Crippen LogP contribution >= 0.6 is 0 Å². The number of H-pyrrole nitrogens is 1. The van der Waals surface area contributed by atoms with Crippen molar-refractivity contribution in [2.45, 2.75) is 39.5 Å². The summed E-state index contributed by atoms with van der Waals surface area (Å²) >= 11 is 0. The van der Waals surface area contributed by atoms with Gasteiger partial charge in [-0.05, 0) is 38.7 Å². The molecule has 2 rings (SSSR count). The van der Waals surface area contributed by atoms with Crippen LogP contribution < -0.4 is 0 Å². The van der Waals surface area contributed by atoms with Gasteiger partial charge in [0.15, 0.2) is 0 Å². The predicted molar refractivity (Wildman–Crippen MR) is 55.7 cm³/mol. The highest BCUT2D eigenvalue weighted by Gasteiger charge is 2.31. The number of hydrogen-bond acceptors (Lipinski definition) is 2. The van der Waals surface area contributed by atoms with Gasteiger partial charge in [0, 0.05) is 12.1 Å². The summed E-state index contributed by atoms with van der Waals surface area (Å²) in [5.41, 5.74) is 2.66. The summed E-state index contributed by atoms with van der Waals surface area (Å²) in [4.78, 5) is 11.0. The van der Waals surface area contributed by atoms with E-state index < -0.39 is 11.4 Å². The lowest BCUT2D eigenvalue weighted by atomic mass is 9.87. The maximum absolute atomic E-state index is 11.0. The van der Waals surface area contributed by atoms with E-state index in [1.54, 1.807) is 13.8 Å². The van der Waals surface area contributed by atoms with Crippen molar-refractivity contribution in [2.24, 2.45) is 5.41 Å². The van der Waals surface area contributed by atoms with E-state index in [1.165, 1.54) is 11.3 Å². The Morgan fingerprint density at radius 2 is 2.27 bits per heavy atom. The fraction of sp³-hybridized carbons (Fsp3) is 0.636. The number of aryl methyl sites for hydroxylation is 1. The van der Waals surface area contributed by atoms with Gasteiger partial charge < -0.3 is 5.11 Å². The molecule has 1 aliphatic carbocycles. The summed E-state index contributed by atoms with van der Waals surface area (Å²) in [6.45, 7) is 3.48. The normalized spacial score (nSPS) is 15.3. The lowest BCUT2D eigenvalue weighted by Gasteiger charge is -2.17. The number of carboxylic acid groups (broad SMARTS) is 1. The standard InChI is InChI=1S/C11H16N2O2/c1-11(2,10(14)15)6-9-7-4-3-5-8(7)12-13-9/h3-6H2,1-2H3,(H,12,13)(H,14,15). The van der Waals surface area contributed by atoms with Crippen LogP contribution in [0.5, 0.6) is 0 Å². The monoisotopic (exact) mass is 208 g/mol. The fourth-order valence-electron chi connectivity index (χ4n) is 2.03. The van der Waals surface area contributed by atoms with Crippen molar-refractivity contribution in [3.05, 3.63) is 17.0 Å². The van der Waals surface area contributed by atoms with Crippen molar-refractivity contribution < 1.29 is 9.90 Å². The van der Waals surface area contributed by atoms with Crippen molar-refractivity contribution >= 4 is 5.97 Å². The van der Waals surface area contributed by atoms with E-state index in [2.05, 4.69) is 10.2 Å². The van der Waals surface area contributed by atoms with Crippen molar-refractivity contribution in [3.8, 4) is 0 Å². The highest BCUT2D eigenvalue weighted by Crippen LogP contribution is 2.28. The summed E-state index contributed by atoms with van der Waals surface area (Å²) in [7, 11) is 0. The Morgan fingerprint density at radius 3 is 2.93 bits per heavy atom. The number of nitrogens with zero attached hydrogens (tertiary/aromatic N) is 1.